The maximum Gasteiger partial charge on any atom is 0.238 e. The molecule has 0 saturated carbocycles. The number of anilines is 1. The standard InChI is InChI=1S/C15H15FN2O3S2/c1-10(22-14-5-3-2-4-13(14)16)15(19)18-11-6-8-12(9-7-11)23(17,20)21/h2-10H,1H3,(H,18,19)(H2,17,20,21)/t10-/m1/s1. The third-order valence-corrected chi connectivity index (χ3v) is 5.04. The van der Waals surface area contributed by atoms with Crippen molar-refractivity contribution >= 4 is 33.4 Å². The smallest absolute Gasteiger partial charge is 0.238 e. The van der Waals surface area contributed by atoms with Crippen molar-refractivity contribution in [3.63, 3.8) is 0 Å². The van der Waals surface area contributed by atoms with Crippen LogP contribution in [0.25, 0.3) is 0 Å². The Morgan fingerprint density at radius 3 is 2.35 bits per heavy atom. The fraction of sp³-hybridized carbons (Fsp3) is 0.133. The van der Waals surface area contributed by atoms with E-state index in [1.54, 1.807) is 25.1 Å². The molecule has 0 aromatic heterocycles. The number of hydrogen-bond donors (Lipinski definition) is 2. The number of nitrogens with one attached hydrogen (secondary N) is 1. The number of carbonyl (C=O) groups excluding carboxylic acids is 1. The van der Waals surface area contributed by atoms with Crippen LogP contribution in [0.5, 0.6) is 0 Å². The lowest BCUT2D eigenvalue weighted by molar-refractivity contribution is -0.115. The first-order valence-electron chi connectivity index (χ1n) is 6.62. The molecule has 122 valence electrons. The maximum atomic E-state index is 13.6. The van der Waals surface area contributed by atoms with Gasteiger partial charge in [-0.25, -0.2) is 17.9 Å². The highest BCUT2D eigenvalue weighted by Gasteiger charge is 2.16. The fourth-order valence-corrected chi connectivity index (χ4v) is 3.16. The minimum Gasteiger partial charge on any atom is -0.325 e. The van der Waals surface area contributed by atoms with E-state index < -0.39 is 15.3 Å². The fourth-order valence-electron chi connectivity index (χ4n) is 1.76. The summed E-state index contributed by atoms with van der Waals surface area (Å²) in [6, 6.07) is 11.7. The zero-order valence-electron chi connectivity index (χ0n) is 12.2. The van der Waals surface area contributed by atoms with E-state index in [4.69, 9.17) is 5.14 Å². The quantitative estimate of drug-likeness (QED) is 0.808. The van der Waals surface area contributed by atoms with Gasteiger partial charge in [-0.2, -0.15) is 0 Å². The number of halogens is 1. The van der Waals surface area contributed by atoms with E-state index in [-0.39, 0.29) is 16.6 Å². The normalized spacial score (nSPS) is 12.7. The number of primary sulfonamides is 1. The number of thioether (sulfide) groups is 1. The Hall–Kier alpha value is -1.90. The van der Waals surface area contributed by atoms with E-state index in [0.717, 1.165) is 11.8 Å². The molecule has 0 spiro atoms. The van der Waals surface area contributed by atoms with Gasteiger partial charge in [0, 0.05) is 10.6 Å². The first-order chi connectivity index (χ1) is 10.8. The van der Waals surface area contributed by atoms with E-state index in [9.17, 15) is 17.6 Å². The number of nitrogens with two attached hydrogens (primary N) is 1. The van der Waals surface area contributed by atoms with E-state index in [2.05, 4.69) is 5.32 Å². The van der Waals surface area contributed by atoms with Crippen molar-refractivity contribution in [3.05, 3.63) is 54.3 Å². The molecule has 0 heterocycles. The molecular weight excluding hydrogens is 339 g/mol. The first kappa shape index (κ1) is 17.5. The summed E-state index contributed by atoms with van der Waals surface area (Å²) in [5.41, 5.74) is 0.434. The Bertz CT molecular complexity index is 808. The van der Waals surface area contributed by atoms with Gasteiger partial charge >= 0.3 is 0 Å². The number of sulfonamides is 1. The molecule has 5 nitrogen and oxygen atoms in total. The van der Waals surface area contributed by atoms with Gasteiger partial charge in [-0.15, -0.1) is 11.8 Å². The second-order valence-electron chi connectivity index (χ2n) is 4.75. The Kier molecular flexibility index (Phi) is 5.40. The molecule has 2 rings (SSSR count). The van der Waals surface area contributed by atoms with Gasteiger partial charge in [-0.3, -0.25) is 4.79 Å². The van der Waals surface area contributed by atoms with Crippen molar-refractivity contribution in [2.75, 3.05) is 5.32 Å². The van der Waals surface area contributed by atoms with Crippen molar-refractivity contribution in [3.8, 4) is 0 Å². The summed E-state index contributed by atoms with van der Waals surface area (Å²) in [5.74, 6) is -0.698. The van der Waals surface area contributed by atoms with E-state index in [1.165, 1.54) is 30.3 Å². The van der Waals surface area contributed by atoms with Crippen LogP contribution in [-0.2, 0) is 14.8 Å². The molecule has 1 atom stereocenters. The predicted octanol–water partition coefficient (Wildman–Crippen LogP) is 2.59. The molecule has 0 unspecified atom stereocenters. The lowest BCUT2D eigenvalue weighted by Gasteiger charge is -2.12. The highest BCUT2D eigenvalue weighted by molar-refractivity contribution is 8.00. The van der Waals surface area contributed by atoms with Crippen LogP contribution in [-0.4, -0.2) is 19.6 Å². The third kappa shape index (κ3) is 4.78. The van der Waals surface area contributed by atoms with Crippen molar-refractivity contribution in [2.45, 2.75) is 22.0 Å². The van der Waals surface area contributed by atoms with E-state index in [0.29, 0.717) is 10.6 Å². The zero-order chi connectivity index (χ0) is 17.0. The van der Waals surface area contributed by atoms with Gasteiger partial charge in [-0.05, 0) is 43.3 Å². The molecule has 0 aliphatic rings. The summed E-state index contributed by atoms with van der Waals surface area (Å²) in [7, 11) is -3.77. The van der Waals surface area contributed by atoms with Crippen LogP contribution in [0.4, 0.5) is 10.1 Å². The van der Waals surface area contributed by atoms with Crippen molar-refractivity contribution < 1.29 is 17.6 Å². The Balaban J connectivity index is 2.02. The summed E-state index contributed by atoms with van der Waals surface area (Å²) in [6.07, 6.45) is 0. The summed E-state index contributed by atoms with van der Waals surface area (Å²) < 4.78 is 35.9. The Morgan fingerprint density at radius 2 is 1.78 bits per heavy atom. The molecular formula is C15H15FN2O3S2. The first-order valence-corrected chi connectivity index (χ1v) is 9.05. The van der Waals surface area contributed by atoms with Crippen molar-refractivity contribution in [1.29, 1.82) is 0 Å². The van der Waals surface area contributed by atoms with Gasteiger partial charge in [0.05, 0.1) is 10.1 Å². The van der Waals surface area contributed by atoms with Gasteiger partial charge in [-0.1, -0.05) is 12.1 Å². The van der Waals surface area contributed by atoms with Crippen LogP contribution in [0, 0.1) is 5.82 Å². The topological polar surface area (TPSA) is 89.3 Å². The van der Waals surface area contributed by atoms with Gasteiger partial charge in [0.15, 0.2) is 0 Å². The second kappa shape index (κ2) is 7.12. The summed E-state index contributed by atoms with van der Waals surface area (Å²) in [4.78, 5) is 12.5. The molecule has 8 heteroatoms. The SMILES string of the molecule is C[C@@H](Sc1ccccc1F)C(=O)Nc1ccc(S(N)(=O)=O)cc1. The molecule has 0 bridgehead atoms. The Morgan fingerprint density at radius 1 is 1.17 bits per heavy atom. The lowest BCUT2D eigenvalue weighted by atomic mass is 10.3. The minimum absolute atomic E-state index is 0.0377. The predicted molar refractivity (Wildman–Crippen MR) is 88.2 cm³/mol. The van der Waals surface area contributed by atoms with Crippen LogP contribution in [0.3, 0.4) is 0 Å². The van der Waals surface area contributed by atoms with Crippen molar-refractivity contribution in [2.24, 2.45) is 5.14 Å². The van der Waals surface area contributed by atoms with Crippen LogP contribution in [0.2, 0.25) is 0 Å². The number of hydrogen-bond acceptors (Lipinski definition) is 4. The van der Waals surface area contributed by atoms with Crippen LogP contribution < -0.4 is 10.5 Å². The number of benzene rings is 2. The van der Waals surface area contributed by atoms with Gasteiger partial charge in [0.1, 0.15) is 5.82 Å². The van der Waals surface area contributed by atoms with Crippen LogP contribution in [0.15, 0.2) is 58.3 Å². The van der Waals surface area contributed by atoms with Crippen molar-refractivity contribution in [1.82, 2.24) is 0 Å². The number of amides is 1. The summed E-state index contributed by atoms with van der Waals surface area (Å²) in [6.45, 7) is 1.66. The molecule has 1 amide bonds. The Labute approximate surface area is 138 Å². The third-order valence-electron chi connectivity index (χ3n) is 2.96. The monoisotopic (exact) mass is 354 g/mol. The molecule has 0 saturated heterocycles. The molecule has 3 N–H and O–H groups in total. The molecule has 23 heavy (non-hydrogen) atoms. The average Bonchev–Trinajstić information content (AvgIpc) is 2.49. The lowest BCUT2D eigenvalue weighted by Crippen LogP contribution is -2.22. The number of rotatable bonds is 5. The zero-order valence-corrected chi connectivity index (χ0v) is 13.8. The molecule has 0 aliphatic heterocycles. The molecule has 2 aromatic carbocycles. The van der Waals surface area contributed by atoms with Crippen LogP contribution in [0.1, 0.15) is 6.92 Å². The minimum atomic E-state index is -3.77. The van der Waals surface area contributed by atoms with E-state index >= 15 is 0 Å². The van der Waals surface area contributed by atoms with E-state index in [1.807, 2.05) is 0 Å². The highest BCUT2D eigenvalue weighted by atomic mass is 32.2. The summed E-state index contributed by atoms with van der Waals surface area (Å²) >= 11 is 1.10. The van der Waals surface area contributed by atoms with Gasteiger partial charge in [0.25, 0.3) is 0 Å². The van der Waals surface area contributed by atoms with Gasteiger partial charge < -0.3 is 5.32 Å². The maximum absolute atomic E-state index is 13.6. The second-order valence-corrected chi connectivity index (χ2v) is 7.69. The summed E-state index contributed by atoms with van der Waals surface area (Å²) in [5, 5.41) is 7.12. The molecule has 2 aromatic rings. The average molecular weight is 354 g/mol. The molecule has 0 fully saturated rings. The number of carbonyl (C=O) groups is 1. The van der Waals surface area contributed by atoms with Crippen LogP contribution >= 0.6 is 11.8 Å². The molecule has 0 aliphatic carbocycles. The largest absolute Gasteiger partial charge is 0.325 e. The highest BCUT2D eigenvalue weighted by Crippen LogP contribution is 2.26. The van der Waals surface area contributed by atoms with Gasteiger partial charge in [0.2, 0.25) is 15.9 Å². The molecule has 0 radical (unpaired) electrons.